The van der Waals surface area contributed by atoms with E-state index in [1.165, 1.54) is 101 Å². The van der Waals surface area contributed by atoms with Crippen LogP contribution in [0, 0.1) is 6.57 Å². The molecule has 2 aromatic carbocycles. The highest BCUT2D eigenvalue weighted by Crippen LogP contribution is 2.47. The number of benzene rings is 2. The summed E-state index contributed by atoms with van der Waals surface area (Å²) >= 11 is 6.93. The second-order valence-electron chi connectivity index (χ2n) is 11.5. The number of unbranched alkanes of at least 4 members (excludes halogenated alkanes) is 3. The zero-order valence-corrected chi connectivity index (χ0v) is 28.7. The number of aromatic nitrogens is 1. The van der Waals surface area contributed by atoms with E-state index in [-0.39, 0.29) is 5.70 Å². The summed E-state index contributed by atoms with van der Waals surface area (Å²) in [6.45, 7) is 10.3. The fourth-order valence-electron chi connectivity index (χ4n) is 5.94. The first-order chi connectivity index (χ1) is 22.5. The first kappa shape index (κ1) is 30.6. The minimum absolute atomic E-state index is 0.260. The molecule has 0 radical (unpaired) electrons. The zero-order chi connectivity index (χ0) is 31.6. The maximum absolute atomic E-state index is 11.2. The van der Waals surface area contributed by atoms with Gasteiger partial charge in [-0.2, -0.15) is 0 Å². The molecule has 5 aromatic heterocycles. The topological polar surface area (TPSA) is 46.6 Å². The standard InChI is InChI=1S/C38H32N2O2S4/c1-3-4-5-6-9-24-12-14-25(15-13-24)16-17-40-23-26-10-7-8-11-28(26)37(40)36-22-35-34(46-36)21-33(45-35)32-20-31-30(44-32)19-27(43-31)18-29(39-2)38(41)42/h7-8,10-15,18-23H,3-6,9,16-17H2,1H3,(H,41,42)/b29-18-. The van der Waals surface area contributed by atoms with Crippen LogP contribution in [0.1, 0.15) is 48.6 Å². The van der Waals surface area contributed by atoms with E-state index in [0.29, 0.717) is 0 Å². The largest absolute Gasteiger partial charge is 0.486 e. The Kier molecular flexibility index (Phi) is 8.92. The number of hydrogen-bond acceptors (Lipinski definition) is 5. The third-order valence-corrected chi connectivity index (χ3v) is 13.0. The van der Waals surface area contributed by atoms with E-state index >= 15 is 0 Å². The Balaban J connectivity index is 1.12. The molecule has 0 aliphatic carbocycles. The molecule has 0 amide bonds. The van der Waals surface area contributed by atoms with Crippen molar-refractivity contribution in [1.29, 1.82) is 0 Å². The molecule has 0 bridgehead atoms. The monoisotopic (exact) mass is 676 g/mol. The van der Waals surface area contributed by atoms with Crippen LogP contribution in [0.25, 0.3) is 60.8 Å². The van der Waals surface area contributed by atoms with Gasteiger partial charge in [0.15, 0.2) is 0 Å². The van der Waals surface area contributed by atoms with E-state index in [4.69, 9.17) is 6.57 Å². The van der Waals surface area contributed by atoms with Crippen LogP contribution in [0.2, 0.25) is 0 Å². The number of carboxylic acids is 1. The number of aliphatic carboxylic acids is 1. The highest BCUT2D eigenvalue weighted by Gasteiger charge is 2.18. The van der Waals surface area contributed by atoms with Gasteiger partial charge in [-0.1, -0.05) is 74.7 Å². The minimum Gasteiger partial charge on any atom is -0.486 e. The predicted octanol–water partition coefficient (Wildman–Crippen LogP) is 12.2. The van der Waals surface area contributed by atoms with Gasteiger partial charge in [-0.15, -0.1) is 45.3 Å². The number of fused-ring (bicyclic) bond motifs is 3. The third-order valence-electron chi connectivity index (χ3n) is 8.31. The Bertz CT molecular complexity index is 2190. The van der Waals surface area contributed by atoms with Crippen molar-refractivity contribution in [3.63, 3.8) is 0 Å². The second-order valence-corrected chi connectivity index (χ2v) is 15.9. The molecule has 5 heterocycles. The number of nitrogens with zero attached hydrogens (tertiary/aromatic N) is 2. The lowest BCUT2D eigenvalue weighted by Crippen LogP contribution is -2.01. The van der Waals surface area contributed by atoms with Gasteiger partial charge in [0.25, 0.3) is 5.70 Å². The van der Waals surface area contributed by atoms with Crippen molar-refractivity contribution >= 4 is 87.0 Å². The van der Waals surface area contributed by atoms with Crippen molar-refractivity contribution in [2.24, 2.45) is 0 Å². The van der Waals surface area contributed by atoms with Crippen molar-refractivity contribution in [3.05, 3.63) is 112 Å². The molecule has 0 saturated carbocycles. The van der Waals surface area contributed by atoms with Gasteiger partial charge in [-0.05, 0) is 60.7 Å². The van der Waals surface area contributed by atoms with E-state index in [1.54, 1.807) is 11.3 Å². The Morgan fingerprint density at radius 2 is 1.43 bits per heavy atom. The van der Waals surface area contributed by atoms with Crippen LogP contribution < -0.4 is 0 Å². The first-order valence-corrected chi connectivity index (χ1v) is 18.8. The molecule has 8 heteroatoms. The smallest absolute Gasteiger partial charge is 0.333 e. The number of hydrogen-bond donors (Lipinski definition) is 1. The number of carbonyl (C=O) groups is 1. The third kappa shape index (κ3) is 6.33. The van der Waals surface area contributed by atoms with Gasteiger partial charge in [0.2, 0.25) is 0 Å². The molecule has 0 saturated heterocycles. The molecule has 0 aliphatic heterocycles. The molecule has 0 unspecified atom stereocenters. The summed E-state index contributed by atoms with van der Waals surface area (Å²) < 4.78 is 7.27. The van der Waals surface area contributed by atoms with Crippen molar-refractivity contribution in [1.82, 2.24) is 4.57 Å². The highest BCUT2D eigenvalue weighted by molar-refractivity contribution is 7.34. The van der Waals surface area contributed by atoms with Crippen LogP contribution in [-0.4, -0.2) is 15.6 Å². The van der Waals surface area contributed by atoms with E-state index in [1.807, 2.05) is 28.7 Å². The Hall–Kier alpha value is -4.00. The highest BCUT2D eigenvalue weighted by atomic mass is 32.1. The molecule has 0 fully saturated rings. The van der Waals surface area contributed by atoms with Crippen molar-refractivity contribution in [2.75, 3.05) is 0 Å². The molecule has 0 spiro atoms. The van der Waals surface area contributed by atoms with E-state index in [9.17, 15) is 9.90 Å². The normalized spacial score (nSPS) is 12.0. The quantitative estimate of drug-likeness (QED) is 0.0795. The molecule has 0 atom stereocenters. The van der Waals surface area contributed by atoms with Crippen LogP contribution in [0.3, 0.4) is 0 Å². The molecule has 7 aromatic rings. The van der Waals surface area contributed by atoms with Crippen LogP contribution in [0.4, 0.5) is 0 Å². The summed E-state index contributed by atoms with van der Waals surface area (Å²) in [4.78, 5) is 18.9. The van der Waals surface area contributed by atoms with Crippen molar-refractivity contribution < 1.29 is 9.90 Å². The van der Waals surface area contributed by atoms with Gasteiger partial charge in [-0.25, -0.2) is 4.85 Å². The fraction of sp³-hybridized carbons (Fsp3) is 0.211. The van der Waals surface area contributed by atoms with Gasteiger partial charge in [0, 0.05) is 56.9 Å². The molecule has 0 aliphatic rings. The molecular formula is C38H32N2O2S4. The molecule has 230 valence electrons. The summed E-state index contributed by atoms with van der Waals surface area (Å²) in [7, 11) is 0. The molecular weight excluding hydrogens is 645 g/mol. The van der Waals surface area contributed by atoms with Crippen LogP contribution >= 0.6 is 45.3 Å². The van der Waals surface area contributed by atoms with Crippen molar-refractivity contribution in [3.8, 4) is 20.3 Å². The Morgan fingerprint density at radius 1 is 0.804 bits per heavy atom. The van der Waals surface area contributed by atoms with E-state index in [2.05, 4.69) is 89.3 Å². The van der Waals surface area contributed by atoms with Gasteiger partial charge < -0.3 is 9.67 Å². The molecule has 4 nitrogen and oxygen atoms in total. The molecule has 46 heavy (non-hydrogen) atoms. The lowest BCUT2D eigenvalue weighted by molar-refractivity contribution is -0.132. The zero-order valence-electron chi connectivity index (χ0n) is 25.4. The summed E-state index contributed by atoms with van der Waals surface area (Å²) in [5, 5.41) is 11.8. The number of carboxylic acid groups (broad SMARTS) is 1. The average molecular weight is 677 g/mol. The van der Waals surface area contributed by atoms with Gasteiger partial charge in [0.05, 0.1) is 17.1 Å². The maximum atomic E-state index is 11.2. The average Bonchev–Trinajstić information content (AvgIpc) is 3.86. The Morgan fingerprint density at radius 3 is 2.11 bits per heavy atom. The van der Waals surface area contributed by atoms with E-state index in [0.717, 1.165) is 27.2 Å². The van der Waals surface area contributed by atoms with Crippen LogP contribution in [0.5, 0.6) is 0 Å². The molecule has 7 rings (SSSR count). The fourth-order valence-corrected chi connectivity index (χ4v) is 10.8. The van der Waals surface area contributed by atoms with Gasteiger partial charge in [-0.3, -0.25) is 4.79 Å². The predicted molar refractivity (Wildman–Crippen MR) is 200 cm³/mol. The summed E-state index contributed by atoms with van der Waals surface area (Å²) in [5.41, 5.74) is 3.87. The SMILES string of the molecule is [C-]#[N+]/C(=C\c1cc2sc(-c3cc4sc(-c5c6ccccc6cn5CCc5ccc(CCCCCC)cc5)cc4s3)cc2s1)C(=O)O. The summed E-state index contributed by atoms with van der Waals surface area (Å²) in [5.74, 6) is -1.19. The number of aryl methyl sites for hydroxylation is 3. The summed E-state index contributed by atoms with van der Waals surface area (Å²) in [6, 6.07) is 26.8. The van der Waals surface area contributed by atoms with Crippen LogP contribution in [-0.2, 0) is 24.2 Å². The number of rotatable bonds is 12. The van der Waals surface area contributed by atoms with Crippen LogP contribution in [0.15, 0.2) is 84.7 Å². The first-order valence-electron chi connectivity index (χ1n) is 15.5. The Labute approximate surface area is 284 Å². The molecule has 1 N–H and O–H groups in total. The maximum Gasteiger partial charge on any atom is 0.333 e. The summed E-state index contributed by atoms with van der Waals surface area (Å²) in [6.07, 6.45) is 11.1. The second kappa shape index (κ2) is 13.4. The van der Waals surface area contributed by atoms with E-state index < -0.39 is 5.97 Å². The minimum atomic E-state index is -1.19. The lowest BCUT2D eigenvalue weighted by atomic mass is 10.0. The van der Waals surface area contributed by atoms with Gasteiger partial charge >= 0.3 is 5.97 Å². The number of thiophene rings is 4. The lowest BCUT2D eigenvalue weighted by Gasteiger charge is -2.09. The van der Waals surface area contributed by atoms with Crippen molar-refractivity contribution in [2.45, 2.75) is 52.0 Å². The van der Waals surface area contributed by atoms with Gasteiger partial charge in [0.1, 0.15) is 0 Å².